The van der Waals surface area contributed by atoms with Crippen LogP contribution in [0.15, 0.2) is 18.2 Å². The second kappa shape index (κ2) is 3.27. The molecule has 0 bridgehead atoms. The summed E-state index contributed by atoms with van der Waals surface area (Å²) >= 11 is 0. The monoisotopic (exact) mass is 255 g/mol. The third kappa shape index (κ3) is 2.21. The standard InChI is InChI=1S/C8H6F3NO3S.H2/c9-8(10,11)15-7-3-1-2-6-5(7)4-16(13,14)12-6;/h1-3,12H,4H2;1H. The largest absolute Gasteiger partial charge is 0.573 e. The van der Waals surface area contributed by atoms with E-state index in [2.05, 4.69) is 9.46 Å². The van der Waals surface area contributed by atoms with Crippen molar-refractivity contribution in [3.8, 4) is 5.75 Å². The molecule has 1 aliphatic rings. The summed E-state index contributed by atoms with van der Waals surface area (Å²) in [6.07, 6.45) is -4.83. The number of fused-ring (bicyclic) bond motifs is 1. The van der Waals surface area contributed by atoms with Crippen LogP contribution in [0, 0.1) is 0 Å². The second-order valence-electron chi connectivity index (χ2n) is 3.19. The molecule has 8 heteroatoms. The molecule has 0 amide bonds. The van der Waals surface area contributed by atoms with Gasteiger partial charge in [0.1, 0.15) is 5.75 Å². The summed E-state index contributed by atoms with van der Waals surface area (Å²) < 4.78 is 64.2. The average molecular weight is 255 g/mol. The summed E-state index contributed by atoms with van der Waals surface area (Å²) in [4.78, 5) is 0. The molecule has 90 valence electrons. The number of alkyl halides is 3. The van der Waals surface area contributed by atoms with E-state index in [1.54, 1.807) is 0 Å². The zero-order valence-corrected chi connectivity index (χ0v) is 8.52. The van der Waals surface area contributed by atoms with Crippen molar-refractivity contribution in [2.75, 3.05) is 4.72 Å². The van der Waals surface area contributed by atoms with E-state index in [1.165, 1.54) is 12.1 Å². The van der Waals surface area contributed by atoms with Gasteiger partial charge in [-0.25, -0.2) is 8.42 Å². The number of hydrogen-bond acceptors (Lipinski definition) is 3. The van der Waals surface area contributed by atoms with E-state index >= 15 is 0 Å². The lowest BCUT2D eigenvalue weighted by Crippen LogP contribution is -2.18. The van der Waals surface area contributed by atoms with Gasteiger partial charge in [-0.3, -0.25) is 4.72 Å². The van der Waals surface area contributed by atoms with Gasteiger partial charge in [0, 0.05) is 6.99 Å². The van der Waals surface area contributed by atoms with Gasteiger partial charge >= 0.3 is 6.36 Å². The molecule has 0 saturated carbocycles. The maximum absolute atomic E-state index is 12.0. The number of ether oxygens (including phenoxy) is 1. The van der Waals surface area contributed by atoms with E-state index < -0.39 is 27.9 Å². The number of benzene rings is 1. The van der Waals surface area contributed by atoms with Gasteiger partial charge in [-0.05, 0) is 12.1 Å². The number of halogens is 3. The van der Waals surface area contributed by atoms with E-state index in [0.717, 1.165) is 6.07 Å². The Balaban J connectivity index is 0.00000144. The smallest absolute Gasteiger partial charge is 0.405 e. The van der Waals surface area contributed by atoms with Gasteiger partial charge < -0.3 is 4.74 Å². The molecule has 1 aliphatic heterocycles. The summed E-state index contributed by atoms with van der Waals surface area (Å²) in [5, 5.41) is 0. The molecule has 0 saturated heterocycles. The number of sulfonamides is 1. The summed E-state index contributed by atoms with van der Waals surface area (Å²) in [5.74, 6) is -0.993. The molecule has 0 aromatic heterocycles. The lowest BCUT2D eigenvalue weighted by atomic mass is 10.2. The quantitative estimate of drug-likeness (QED) is 0.835. The number of nitrogens with one attached hydrogen (secondary N) is 1. The Morgan fingerprint density at radius 3 is 2.69 bits per heavy atom. The first-order valence-electron chi connectivity index (χ1n) is 4.15. The van der Waals surface area contributed by atoms with Gasteiger partial charge in [0.25, 0.3) is 0 Å². The highest BCUT2D eigenvalue weighted by Crippen LogP contribution is 2.36. The van der Waals surface area contributed by atoms with Crippen LogP contribution >= 0.6 is 0 Å². The Labute approximate surface area is 90.6 Å². The van der Waals surface area contributed by atoms with Crippen molar-refractivity contribution >= 4 is 15.7 Å². The molecule has 2 rings (SSSR count). The number of anilines is 1. The van der Waals surface area contributed by atoms with Crippen molar-refractivity contribution in [1.82, 2.24) is 0 Å². The molecule has 0 fully saturated rings. The minimum absolute atomic E-state index is 0. The van der Waals surface area contributed by atoms with Gasteiger partial charge in [0.15, 0.2) is 0 Å². The van der Waals surface area contributed by atoms with Crippen LogP contribution in [0.25, 0.3) is 0 Å². The van der Waals surface area contributed by atoms with E-state index in [1.807, 2.05) is 0 Å². The van der Waals surface area contributed by atoms with E-state index in [4.69, 9.17) is 0 Å². The van der Waals surface area contributed by atoms with Crippen molar-refractivity contribution in [1.29, 1.82) is 0 Å². The van der Waals surface area contributed by atoms with E-state index in [-0.39, 0.29) is 12.7 Å². The van der Waals surface area contributed by atoms with Crippen LogP contribution in [-0.2, 0) is 15.8 Å². The first-order valence-corrected chi connectivity index (χ1v) is 5.80. The van der Waals surface area contributed by atoms with Gasteiger partial charge in [0.05, 0.1) is 11.4 Å². The summed E-state index contributed by atoms with van der Waals surface area (Å²) in [6.45, 7) is 0. The molecule has 1 aromatic rings. The van der Waals surface area contributed by atoms with Crippen molar-refractivity contribution in [2.45, 2.75) is 12.1 Å². The Kier molecular flexibility index (Phi) is 2.26. The van der Waals surface area contributed by atoms with Crippen LogP contribution in [0.5, 0.6) is 5.75 Å². The third-order valence-electron chi connectivity index (χ3n) is 1.96. The molecule has 1 heterocycles. The van der Waals surface area contributed by atoms with Gasteiger partial charge in [-0.15, -0.1) is 13.2 Å². The van der Waals surface area contributed by atoms with Crippen molar-refractivity contribution in [3.63, 3.8) is 0 Å². The predicted octanol–water partition coefficient (Wildman–Crippen LogP) is 2.09. The topological polar surface area (TPSA) is 55.4 Å². The van der Waals surface area contributed by atoms with E-state index in [0.29, 0.717) is 0 Å². The first kappa shape index (κ1) is 11.1. The Morgan fingerprint density at radius 1 is 1.38 bits per heavy atom. The number of hydrogen-bond donors (Lipinski definition) is 1. The predicted molar refractivity (Wildman–Crippen MR) is 51.5 cm³/mol. The van der Waals surface area contributed by atoms with Crippen molar-refractivity contribution in [3.05, 3.63) is 23.8 Å². The normalized spacial score (nSPS) is 17.7. The highest BCUT2D eigenvalue weighted by atomic mass is 32.2. The molecular weight excluding hydrogens is 247 g/mol. The zero-order valence-electron chi connectivity index (χ0n) is 7.71. The summed E-state index contributed by atoms with van der Waals surface area (Å²) in [6, 6.07) is 3.74. The van der Waals surface area contributed by atoms with Gasteiger partial charge in [0.2, 0.25) is 10.0 Å². The SMILES string of the molecule is O=S1(=O)Cc2c(cccc2OC(F)(F)F)N1.[HH]. The maximum Gasteiger partial charge on any atom is 0.573 e. The van der Waals surface area contributed by atoms with Crippen LogP contribution in [0.3, 0.4) is 0 Å². The third-order valence-corrected chi connectivity index (χ3v) is 3.16. The van der Waals surface area contributed by atoms with Crippen LogP contribution in [0.1, 0.15) is 6.99 Å². The van der Waals surface area contributed by atoms with Gasteiger partial charge in [-0.2, -0.15) is 0 Å². The fourth-order valence-electron chi connectivity index (χ4n) is 1.42. The van der Waals surface area contributed by atoms with Crippen molar-refractivity contribution in [2.24, 2.45) is 0 Å². The minimum atomic E-state index is -4.83. The lowest BCUT2D eigenvalue weighted by molar-refractivity contribution is -0.274. The molecule has 0 aliphatic carbocycles. The Morgan fingerprint density at radius 2 is 2.06 bits per heavy atom. The molecule has 16 heavy (non-hydrogen) atoms. The highest BCUT2D eigenvalue weighted by Gasteiger charge is 2.35. The molecule has 4 nitrogen and oxygen atoms in total. The minimum Gasteiger partial charge on any atom is -0.405 e. The van der Waals surface area contributed by atoms with Crippen LogP contribution in [0.2, 0.25) is 0 Å². The van der Waals surface area contributed by atoms with Crippen LogP contribution in [0.4, 0.5) is 18.9 Å². The molecular formula is C8H8F3NO3S. The summed E-state index contributed by atoms with van der Waals surface area (Å²) in [7, 11) is -3.58. The zero-order chi connectivity index (χ0) is 12.0. The van der Waals surface area contributed by atoms with Crippen LogP contribution < -0.4 is 9.46 Å². The molecule has 0 spiro atoms. The average Bonchev–Trinajstić information content (AvgIpc) is 2.37. The number of rotatable bonds is 1. The molecule has 1 aromatic carbocycles. The van der Waals surface area contributed by atoms with Crippen molar-refractivity contribution < 1.29 is 27.8 Å². The fraction of sp³-hybridized carbons (Fsp3) is 0.250. The first-order chi connectivity index (χ1) is 7.27. The molecule has 0 atom stereocenters. The fourth-order valence-corrected chi connectivity index (χ4v) is 2.70. The lowest BCUT2D eigenvalue weighted by Gasteiger charge is -2.11. The Bertz CT molecular complexity index is 529. The molecule has 1 N–H and O–H groups in total. The van der Waals surface area contributed by atoms with Gasteiger partial charge in [-0.1, -0.05) is 6.07 Å². The molecule has 0 radical (unpaired) electrons. The maximum atomic E-state index is 12.0. The van der Waals surface area contributed by atoms with E-state index in [9.17, 15) is 21.6 Å². The van der Waals surface area contributed by atoms with Crippen LogP contribution in [-0.4, -0.2) is 14.8 Å². The summed E-state index contributed by atoms with van der Waals surface area (Å²) in [5.41, 5.74) is 0.126. The Hall–Kier alpha value is -1.44. The second-order valence-corrected chi connectivity index (χ2v) is 4.91. The highest BCUT2D eigenvalue weighted by molar-refractivity contribution is 7.92. The molecule has 0 unspecified atom stereocenters.